The van der Waals surface area contributed by atoms with Gasteiger partial charge in [0.05, 0.1) is 12.2 Å². The highest BCUT2D eigenvalue weighted by atomic mass is 19.1. The van der Waals surface area contributed by atoms with Crippen LogP contribution in [0.25, 0.3) is 0 Å². The van der Waals surface area contributed by atoms with Crippen molar-refractivity contribution in [3.8, 4) is 0 Å². The molecule has 17 heavy (non-hydrogen) atoms. The van der Waals surface area contributed by atoms with Gasteiger partial charge in [-0.05, 0) is 18.4 Å². The molecule has 0 amide bonds. The molecule has 0 bridgehead atoms. The largest absolute Gasteiger partial charge is 0.478 e. The molecule has 0 aliphatic rings. The molecule has 0 unspecified atom stereocenters. The van der Waals surface area contributed by atoms with Crippen molar-refractivity contribution in [3.63, 3.8) is 0 Å². The molecule has 0 fully saturated rings. The van der Waals surface area contributed by atoms with Crippen LogP contribution < -0.4 is 0 Å². The zero-order valence-electron chi connectivity index (χ0n) is 10.1. The molecule has 0 aromatic heterocycles. The number of ether oxygens (including phenoxy) is 1. The van der Waals surface area contributed by atoms with Gasteiger partial charge in [-0.25, -0.2) is 9.18 Å². The molecule has 94 valence electrons. The fraction of sp³-hybridized carbons (Fsp3) is 0.462. The number of carboxylic acid groups (broad SMARTS) is 1. The second-order valence-electron chi connectivity index (χ2n) is 4.32. The van der Waals surface area contributed by atoms with Crippen LogP contribution in [0.5, 0.6) is 0 Å². The first-order valence-electron chi connectivity index (χ1n) is 5.60. The molecule has 0 aliphatic heterocycles. The zero-order chi connectivity index (χ0) is 12.8. The Morgan fingerprint density at radius 3 is 2.76 bits per heavy atom. The van der Waals surface area contributed by atoms with Crippen LogP contribution in [-0.4, -0.2) is 17.7 Å². The maximum atomic E-state index is 13.6. The van der Waals surface area contributed by atoms with E-state index in [4.69, 9.17) is 9.84 Å². The molecule has 0 radical (unpaired) electrons. The Labute approximate surface area is 100 Å². The lowest BCUT2D eigenvalue weighted by molar-refractivity contribution is 0.0690. The van der Waals surface area contributed by atoms with Crippen molar-refractivity contribution in [2.75, 3.05) is 6.61 Å². The van der Waals surface area contributed by atoms with Gasteiger partial charge in [0.15, 0.2) is 0 Å². The second kappa shape index (κ2) is 6.35. The minimum absolute atomic E-state index is 0.111. The number of hydrogen-bond acceptors (Lipinski definition) is 2. The van der Waals surface area contributed by atoms with Crippen LogP contribution in [0.2, 0.25) is 0 Å². The van der Waals surface area contributed by atoms with E-state index in [2.05, 4.69) is 13.8 Å². The highest BCUT2D eigenvalue weighted by Gasteiger charge is 2.13. The maximum absolute atomic E-state index is 13.6. The van der Waals surface area contributed by atoms with E-state index in [1.54, 1.807) is 0 Å². The Morgan fingerprint density at radius 2 is 2.18 bits per heavy atom. The van der Waals surface area contributed by atoms with Gasteiger partial charge in [-0.3, -0.25) is 0 Å². The molecule has 1 aromatic carbocycles. The number of aromatic carboxylic acids is 1. The lowest BCUT2D eigenvalue weighted by Crippen LogP contribution is -2.06. The monoisotopic (exact) mass is 240 g/mol. The van der Waals surface area contributed by atoms with Crippen molar-refractivity contribution >= 4 is 5.97 Å². The van der Waals surface area contributed by atoms with Gasteiger partial charge >= 0.3 is 5.97 Å². The Kier molecular flexibility index (Phi) is 5.10. The Hall–Kier alpha value is -1.42. The molecule has 3 nitrogen and oxygen atoms in total. The molecule has 1 rings (SSSR count). The van der Waals surface area contributed by atoms with E-state index < -0.39 is 11.8 Å². The highest BCUT2D eigenvalue weighted by molar-refractivity contribution is 5.88. The summed E-state index contributed by atoms with van der Waals surface area (Å²) < 4.78 is 19.0. The normalized spacial score (nSPS) is 10.8. The fourth-order valence-electron chi connectivity index (χ4n) is 1.36. The molecule has 0 atom stereocenters. The number of benzene rings is 1. The third kappa shape index (κ3) is 4.15. The van der Waals surface area contributed by atoms with Crippen LogP contribution in [0.3, 0.4) is 0 Å². The number of carbonyl (C=O) groups is 1. The smallest absolute Gasteiger partial charge is 0.338 e. The molecule has 4 heteroatoms. The summed E-state index contributed by atoms with van der Waals surface area (Å²) in [6, 6.07) is 4.31. The molecule has 1 N–H and O–H groups in total. The average Bonchev–Trinajstić information content (AvgIpc) is 2.25. The van der Waals surface area contributed by atoms with E-state index in [1.165, 1.54) is 18.2 Å². The van der Waals surface area contributed by atoms with Gasteiger partial charge in [0.1, 0.15) is 5.82 Å². The van der Waals surface area contributed by atoms with Gasteiger partial charge in [-0.1, -0.05) is 26.0 Å². The van der Waals surface area contributed by atoms with Crippen LogP contribution >= 0.6 is 0 Å². The van der Waals surface area contributed by atoms with Crippen molar-refractivity contribution in [1.29, 1.82) is 0 Å². The van der Waals surface area contributed by atoms with E-state index in [1.807, 2.05) is 0 Å². The highest BCUT2D eigenvalue weighted by Crippen LogP contribution is 2.14. The quantitative estimate of drug-likeness (QED) is 0.777. The van der Waals surface area contributed by atoms with Crippen molar-refractivity contribution in [2.45, 2.75) is 26.9 Å². The standard InChI is InChI=1S/C13H17FO3/c1-9(2)6-7-17-8-10-4-3-5-11(12(10)14)13(15)16/h3-5,9H,6-8H2,1-2H3,(H,15,16). The number of halogens is 1. The molecule has 0 saturated heterocycles. The minimum atomic E-state index is -1.26. The first kappa shape index (κ1) is 13.6. The van der Waals surface area contributed by atoms with E-state index >= 15 is 0 Å². The van der Waals surface area contributed by atoms with Crippen LogP contribution in [-0.2, 0) is 11.3 Å². The Morgan fingerprint density at radius 1 is 1.47 bits per heavy atom. The molecular weight excluding hydrogens is 223 g/mol. The predicted octanol–water partition coefficient (Wildman–Crippen LogP) is 3.09. The van der Waals surface area contributed by atoms with Gasteiger partial charge in [0, 0.05) is 12.2 Å². The number of hydrogen-bond donors (Lipinski definition) is 1. The third-order valence-electron chi connectivity index (χ3n) is 2.41. The van der Waals surface area contributed by atoms with Gasteiger partial charge in [0.2, 0.25) is 0 Å². The first-order valence-corrected chi connectivity index (χ1v) is 5.60. The molecular formula is C13H17FO3. The zero-order valence-corrected chi connectivity index (χ0v) is 10.1. The Bertz CT molecular complexity index is 388. The maximum Gasteiger partial charge on any atom is 0.338 e. The summed E-state index contributed by atoms with van der Waals surface area (Å²) in [5, 5.41) is 8.75. The molecule has 1 aromatic rings. The molecule has 0 heterocycles. The fourth-order valence-corrected chi connectivity index (χ4v) is 1.36. The summed E-state index contributed by atoms with van der Waals surface area (Å²) in [5.74, 6) is -1.43. The summed E-state index contributed by atoms with van der Waals surface area (Å²) in [7, 11) is 0. The van der Waals surface area contributed by atoms with Gasteiger partial charge < -0.3 is 9.84 Å². The van der Waals surface area contributed by atoms with Crippen molar-refractivity contribution in [3.05, 3.63) is 35.1 Å². The number of rotatable bonds is 6. The van der Waals surface area contributed by atoms with Gasteiger partial charge in [0.25, 0.3) is 0 Å². The molecule has 0 spiro atoms. The predicted molar refractivity (Wildman–Crippen MR) is 62.5 cm³/mol. The van der Waals surface area contributed by atoms with Crippen molar-refractivity contribution in [2.24, 2.45) is 5.92 Å². The first-order chi connectivity index (χ1) is 8.02. The lowest BCUT2D eigenvalue weighted by Gasteiger charge is -2.08. The van der Waals surface area contributed by atoms with Gasteiger partial charge in [-0.2, -0.15) is 0 Å². The summed E-state index contributed by atoms with van der Waals surface area (Å²) >= 11 is 0. The number of carboxylic acids is 1. The van der Waals surface area contributed by atoms with Crippen molar-refractivity contribution in [1.82, 2.24) is 0 Å². The molecule has 0 aliphatic carbocycles. The summed E-state index contributed by atoms with van der Waals surface area (Å²) in [5.41, 5.74) is -0.0244. The van der Waals surface area contributed by atoms with Crippen LogP contribution in [0.4, 0.5) is 4.39 Å². The van der Waals surface area contributed by atoms with E-state index in [0.29, 0.717) is 12.5 Å². The van der Waals surface area contributed by atoms with Gasteiger partial charge in [-0.15, -0.1) is 0 Å². The lowest BCUT2D eigenvalue weighted by atomic mass is 10.1. The van der Waals surface area contributed by atoms with Crippen LogP contribution in [0.1, 0.15) is 36.2 Å². The minimum Gasteiger partial charge on any atom is -0.478 e. The summed E-state index contributed by atoms with van der Waals surface area (Å²) in [6.45, 7) is 4.82. The third-order valence-corrected chi connectivity index (χ3v) is 2.41. The van der Waals surface area contributed by atoms with E-state index in [-0.39, 0.29) is 17.7 Å². The summed E-state index contributed by atoms with van der Waals surface area (Å²) in [6.07, 6.45) is 0.903. The summed E-state index contributed by atoms with van der Waals surface area (Å²) in [4.78, 5) is 10.7. The topological polar surface area (TPSA) is 46.5 Å². The van der Waals surface area contributed by atoms with E-state index in [9.17, 15) is 9.18 Å². The Balaban J connectivity index is 2.59. The van der Waals surface area contributed by atoms with Crippen LogP contribution in [0.15, 0.2) is 18.2 Å². The van der Waals surface area contributed by atoms with E-state index in [0.717, 1.165) is 6.42 Å². The second-order valence-corrected chi connectivity index (χ2v) is 4.32. The average molecular weight is 240 g/mol. The SMILES string of the molecule is CC(C)CCOCc1cccc(C(=O)O)c1F. The van der Waals surface area contributed by atoms with Crippen molar-refractivity contribution < 1.29 is 19.0 Å². The van der Waals surface area contributed by atoms with Crippen LogP contribution in [0, 0.1) is 11.7 Å². The molecule has 0 saturated carbocycles.